The summed E-state index contributed by atoms with van der Waals surface area (Å²) in [7, 11) is 2.08. The van der Waals surface area contributed by atoms with E-state index in [4.69, 9.17) is 4.74 Å². The molecule has 17 heavy (non-hydrogen) atoms. The maximum Gasteiger partial charge on any atom is 0.170 e. The van der Waals surface area contributed by atoms with Gasteiger partial charge in [0.2, 0.25) is 0 Å². The fourth-order valence-corrected chi connectivity index (χ4v) is 2.88. The first-order valence-corrected chi connectivity index (χ1v) is 6.09. The fourth-order valence-electron chi connectivity index (χ4n) is 2.88. The van der Waals surface area contributed by atoms with E-state index in [1.165, 1.54) is 0 Å². The lowest BCUT2D eigenvalue weighted by atomic mass is 9.89. The highest BCUT2D eigenvalue weighted by Crippen LogP contribution is 2.38. The Morgan fingerprint density at radius 2 is 2.24 bits per heavy atom. The zero-order valence-corrected chi connectivity index (χ0v) is 10.3. The SMILES string of the molecule is Cc1ccc2c(c1)C(=O)CC1(CCN(C)C1)O2. The van der Waals surface area contributed by atoms with Crippen molar-refractivity contribution >= 4 is 5.78 Å². The molecule has 1 spiro atoms. The van der Waals surface area contributed by atoms with Crippen molar-refractivity contribution in [3.8, 4) is 5.75 Å². The van der Waals surface area contributed by atoms with Crippen LogP contribution in [0.3, 0.4) is 0 Å². The van der Waals surface area contributed by atoms with Crippen LogP contribution in [0.1, 0.15) is 28.8 Å². The van der Waals surface area contributed by atoms with Gasteiger partial charge in [-0.1, -0.05) is 11.6 Å². The first-order valence-electron chi connectivity index (χ1n) is 6.09. The van der Waals surface area contributed by atoms with Crippen LogP contribution in [0.5, 0.6) is 5.75 Å². The molecule has 0 aromatic heterocycles. The third-order valence-electron chi connectivity index (χ3n) is 3.75. The van der Waals surface area contributed by atoms with Crippen molar-refractivity contribution in [2.24, 2.45) is 0 Å². The smallest absolute Gasteiger partial charge is 0.170 e. The van der Waals surface area contributed by atoms with E-state index in [9.17, 15) is 4.79 Å². The number of rotatable bonds is 0. The molecule has 2 aliphatic heterocycles. The molecule has 1 unspecified atom stereocenters. The fraction of sp³-hybridized carbons (Fsp3) is 0.500. The average molecular weight is 231 g/mol. The molecular formula is C14H17NO2. The van der Waals surface area contributed by atoms with E-state index < -0.39 is 0 Å². The molecule has 0 amide bonds. The minimum atomic E-state index is -0.270. The monoisotopic (exact) mass is 231 g/mol. The Kier molecular flexibility index (Phi) is 2.26. The van der Waals surface area contributed by atoms with E-state index in [-0.39, 0.29) is 11.4 Å². The van der Waals surface area contributed by atoms with E-state index in [0.29, 0.717) is 6.42 Å². The number of fused-ring (bicyclic) bond motifs is 1. The molecule has 0 aliphatic carbocycles. The highest BCUT2D eigenvalue weighted by molar-refractivity contribution is 6.00. The number of carbonyl (C=O) groups excluding carboxylic acids is 1. The number of likely N-dealkylation sites (N-methyl/N-ethyl adjacent to an activating group) is 1. The maximum atomic E-state index is 12.2. The van der Waals surface area contributed by atoms with E-state index in [2.05, 4.69) is 11.9 Å². The molecule has 0 bridgehead atoms. The lowest BCUT2D eigenvalue weighted by Crippen LogP contribution is -2.44. The van der Waals surface area contributed by atoms with Gasteiger partial charge in [-0.05, 0) is 26.1 Å². The number of Topliss-reactive ketones (excluding diaryl/α,β-unsaturated/α-hetero) is 1. The second-order valence-electron chi connectivity index (χ2n) is 5.37. The van der Waals surface area contributed by atoms with E-state index in [1.54, 1.807) is 0 Å². The normalized spacial score (nSPS) is 28.2. The molecule has 3 nitrogen and oxygen atoms in total. The van der Waals surface area contributed by atoms with Crippen LogP contribution in [-0.2, 0) is 0 Å². The molecular weight excluding hydrogens is 214 g/mol. The molecule has 0 N–H and O–H groups in total. The van der Waals surface area contributed by atoms with Gasteiger partial charge in [-0.15, -0.1) is 0 Å². The van der Waals surface area contributed by atoms with Crippen molar-refractivity contribution in [1.29, 1.82) is 0 Å². The van der Waals surface area contributed by atoms with Crippen molar-refractivity contribution in [2.45, 2.75) is 25.4 Å². The molecule has 3 rings (SSSR count). The summed E-state index contributed by atoms with van der Waals surface area (Å²) in [5.74, 6) is 0.993. The Hall–Kier alpha value is -1.35. The van der Waals surface area contributed by atoms with Gasteiger partial charge in [0.1, 0.15) is 11.4 Å². The molecule has 1 fully saturated rings. The standard InChI is InChI=1S/C14H17NO2/c1-10-3-4-13-11(7-10)12(16)8-14(17-13)5-6-15(2)9-14/h3-4,7H,5-6,8-9H2,1-2H3. The maximum absolute atomic E-state index is 12.2. The van der Waals surface area contributed by atoms with Crippen LogP contribution < -0.4 is 4.74 Å². The number of aryl methyl sites for hydroxylation is 1. The third kappa shape index (κ3) is 1.75. The van der Waals surface area contributed by atoms with E-state index in [0.717, 1.165) is 36.4 Å². The lowest BCUT2D eigenvalue weighted by molar-refractivity contribution is 0.0476. The Balaban J connectivity index is 1.98. The first kappa shape index (κ1) is 10.8. The Morgan fingerprint density at radius 3 is 2.94 bits per heavy atom. The minimum absolute atomic E-state index is 0.227. The summed E-state index contributed by atoms with van der Waals surface area (Å²) in [6.07, 6.45) is 1.47. The van der Waals surface area contributed by atoms with Gasteiger partial charge >= 0.3 is 0 Å². The molecule has 3 heteroatoms. The second-order valence-corrected chi connectivity index (χ2v) is 5.37. The van der Waals surface area contributed by atoms with Gasteiger partial charge in [-0.3, -0.25) is 4.79 Å². The van der Waals surface area contributed by atoms with Crippen LogP contribution in [0, 0.1) is 6.92 Å². The van der Waals surface area contributed by atoms with Gasteiger partial charge in [-0.2, -0.15) is 0 Å². The summed E-state index contributed by atoms with van der Waals surface area (Å²) >= 11 is 0. The van der Waals surface area contributed by atoms with Crippen LogP contribution in [0.4, 0.5) is 0 Å². The summed E-state index contributed by atoms with van der Waals surface area (Å²) in [4.78, 5) is 14.4. The predicted octanol–water partition coefficient (Wildman–Crippen LogP) is 2.03. The molecule has 1 atom stereocenters. The summed E-state index contributed by atoms with van der Waals surface area (Å²) < 4.78 is 6.11. The number of hydrogen-bond donors (Lipinski definition) is 0. The number of benzene rings is 1. The van der Waals surface area contributed by atoms with Crippen molar-refractivity contribution in [3.05, 3.63) is 29.3 Å². The number of likely N-dealkylation sites (tertiary alicyclic amines) is 1. The minimum Gasteiger partial charge on any atom is -0.485 e. The largest absolute Gasteiger partial charge is 0.485 e. The van der Waals surface area contributed by atoms with Crippen LogP contribution in [0.2, 0.25) is 0 Å². The summed E-state index contributed by atoms with van der Waals surface area (Å²) in [5, 5.41) is 0. The average Bonchev–Trinajstić information content (AvgIpc) is 2.61. The van der Waals surface area contributed by atoms with Gasteiger partial charge in [0.15, 0.2) is 5.78 Å². The lowest BCUT2D eigenvalue weighted by Gasteiger charge is -2.34. The van der Waals surface area contributed by atoms with Crippen LogP contribution >= 0.6 is 0 Å². The van der Waals surface area contributed by atoms with Gasteiger partial charge < -0.3 is 9.64 Å². The van der Waals surface area contributed by atoms with Crippen LogP contribution in [0.25, 0.3) is 0 Å². The quantitative estimate of drug-likeness (QED) is 0.684. The van der Waals surface area contributed by atoms with Crippen molar-refractivity contribution in [2.75, 3.05) is 20.1 Å². The summed E-state index contributed by atoms with van der Waals surface area (Å²) in [6, 6.07) is 5.87. The van der Waals surface area contributed by atoms with Gasteiger partial charge in [0.05, 0.1) is 12.0 Å². The number of ether oxygens (including phenoxy) is 1. The predicted molar refractivity (Wildman–Crippen MR) is 65.6 cm³/mol. The van der Waals surface area contributed by atoms with Gasteiger partial charge in [0, 0.05) is 19.5 Å². The molecule has 0 radical (unpaired) electrons. The zero-order valence-electron chi connectivity index (χ0n) is 10.3. The topological polar surface area (TPSA) is 29.5 Å². The summed E-state index contributed by atoms with van der Waals surface area (Å²) in [5.41, 5.74) is 1.60. The second kappa shape index (κ2) is 3.57. The molecule has 2 aliphatic rings. The Morgan fingerprint density at radius 1 is 1.41 bits per heavy atom. The van der Waals surface area contributed by atoms with Crippen molar-refractivity contribution in [1.82, 2.24) is 4.90 Å². The van der Waals surface area contributed by atoms with Crippen LogP contribution in [-0.4, -0.2) is 36.4 Å². The number of hydrogen-bond acceptors (Lipinski definition) is 3. The highest BCUT2D eigenvalue weighted by Gasteiger charge is 2.44. The molecule has 1 aromatic carbocycles. The number of ketones is 1. The van der Waals surface area contributed by atoms with Crippen LogP contribution in [0.15, 0.2) is 18.2 Å². The number of nitrogens with zero attached hydrogens (tertiary/aromatic N) is 1. The Bertz CT molecular complexity index is 483. The molecule has 0 saturated carbocycles. The van der Waals surface area contributed by atoms with Crippen molar-refractivity contribution in [3.63, 3.8) is 0 Å². The first-order chi connectivity index (χ1) is 8.08. The highest BCUT2D eigenvalue weighted by atomic mass is 16.5. The van der Waals surface area contributed by atoms with Gasteiger partial charge in [0.25, 0.3) is 0 Å². The molecule has 1 saturated heterocycles. The zero-order chi connectivity index (χ0) is 12.0. The molecule has 2 heterocycles. The Labute approximate surface area is 101 Å². The number of carbonyl (C=O) groups is 1. The van der Waals surface area contributed by atoms with Gasteiger partial charge in [-0.25, -0.2) is 0 Å². The third-order valence-corrected chi connectivity index (χ3v) is 3.75. The molecule has 1 aromatic rings. The summed E-state index contributed by atoms with van der Waals surface area (Å²) in [6.45, 7) is 3.86. The molecule has 90 valence electrons. The van der Waals surface area contributed by atoms with Crippen molar-refractivity contribution < 1.29 is 9.53 Å². The van der Waals surface area contributed by atoms with E-state index in [1.807, 2.05) is 25.1 Å². The van der Waals surface area contributed by atoms with E-state index >= 15 is 0 Å².